The molecule has 0 heterocycles. The van der Waals surface area contributed by atoms with Gasteiger partial charge in [0.2, 0.25) is 3.79 Å². The van der Waals surface area contributed by atoms with Crippen LogP contribution < -0.4 is 0 Å². The van der Waals surface area contributed by atoms with Crippen LogP contribution in [0.15, 0.2) is 60.7 Å². The van der Waals surface area contributed by atoms with Crippen molar-refractivity contribution in [2.24, 2.45) is 0 Å². The second-order valence-corrected chi connectivity index (χ2v) is 8.21. The molecule has 0 saturated heterocycles. The zero-order valence-corrected chi connectivity index (χ0v) is 14.5. The fourth-order valence-corrected chi connectivity index (χ4v) is 3.19. The second-order valence-electron chi connectivity index (χ2n) is 5.70. The van der Waals surface area contributed by atoms with Crippen LogP contribution in [0.2, 0.25) is 0 Å². The van der Waals surface area contributed by atoms with Crippen LogP contribution in [0, 0.1) is 0 Å². The lowest BCUT2D eigenvalue weighted by molar-refractivity contribution is -0.146. The van der Waals surface area contributed by atoms with E-state index in [1.165, 1.54) is 0 Å². The first-order chi connectivity index (χ1) is 10.9. The summed E-state index contributed by atoms with van der Waals surface area (Å²) < 4.78 is 3.70. The third kappa shape index (κ3) is 3.50. The Bertz CT molecular complexity index is 682. The molecule has 2 atom stereocenters. The van der Waals surface area contributed by atoms with Gasteiger partial charge in [-0.2, -0.15) is 0 Å². The van der Waals surface area contributed by atoms with Gasteiger partial charge < -0.3 is 4.74 Å². The third-order valence-electron chi connectivity index (χ3n) is 4.18. The molecule has 2 aromatic carbocycles. The van der Waals surface area contributed by atoms with Gasteiger partial charge in [-0.1, -0.05) is 95.5 Å². The minimum Gasteiger partial charge on any atom is -0.460 e. The zero-order chi connectivity index (χ0) is 16.5. The molecule has 1 aliphatic rings. The van der Waals surface area contributed by atoms with E-state index < -0.39 is 9.21 Å². The summed E-state index contributed by atoms with van der Waals surface area (Å²) in [5.41, 5.74) is 1.35. The minimum absolute atomic E-state index is 0.0778. The molecule has 0 amide bonds. The molecule has 1 aliphatic carbocycles. The van der Waals surface area contributed by atoms with E-state index in [0.29, 0.717) is 6.42 Å². The van der Waals surface area contributed by atoms with Crippen molar-refractivity contribution in [3.63, 3.8) is 0 Å². The van der Waals surface area contributed by atoms with Crippen LogP contribution >= 0.6 is 34.8 Å². The van der Waals surface area contributed by atoms with E-state index in [-0.39, 0.29) is 18.5 Å². The van der Waals surface area contributed by atoms with Crippen molar-refractivity contribution in [3.05, 3.63) is 71.8 Å². The average Bonchev–Trinajstić information content (AvgIpc) is 3.30. The Morgan fingerprint density at radius 3 is 2.17 bits per heavy atom. The average molecular weight is 370 g/mol. The van der Waals surface area contributed by atoms with E-state index in [0.717, 1.165) is 11.1 Å². The fourth-order valence-electron chi connectivity index (χ4n) is 3.02. The minimum atomic E-state index is -1.61. The SMILES string of the molecule is O=C(OCC(Cl)(Cl)Cl)[C@]1(c2ccccc2)C[C@H]1c1ccccc1. The summed E-state index contributed by atoms with van der Waals surface area (Å²) in [6.45, 7) is -0.257. The van der Waals surface area contributed by atoms with Crippen molar-refractivity contribution in [1.29, 1.82) is 0 Å². The predicted molar refractivity (Wildman–Crippen MR) is 93.2 cm³/mol. The van der Waals surface area contributed by atoms with Gasteiger partial charge in [-0.15, -0.1) is 0 Å². The van der Waals surface area contributed by atoms with E-state index >= 15 is 0 Å². The Hall–Kier alpha value is -1.22. The maximum Gasteiger partial charge on any atom is 0.317 e. The topological polar surface area (TPSA) is 26.3 Å². The molecule has 1 saturated carbocycles. The molecule has 2 nitrogen and oxygen atoms in total. The Morgan fingerprint density at radius 2 is 1.61 bits per heavy atom. The number of hydrogen-bond acceptors (Lipinski definition) is 2. The van der Waals surface area contributed by atoms with Crippen LogP contribution in [0.4, 0.5) is 0 Å². The summed E-state index contributed by atoms with van der Waals surface area (Å²) in [7, 11) is 0. The van der Waals surface area contributed by atoms with Crippen molar-refractivity contribution in [2.45, 2.75) is 21.5 Å². The Labute approximate surface area is 150 Å². The van der Waals surface area contributed by atoms with Gasteiger partial charge in [-0.05, 0) is 17.5 Å². The summed E-state index contributed by atoms with van der Waals surface area (Å²) in [6.07, 6.45) is 0.694. The van der Waals surface area contributed by atoms with Crippen molar-refractivity contribution in [1.82, 2.24) is 0 Å². The first-order valence-corrected chi connectivity index (χ1v) is 8.41. The van der Waals surface area contributed by atoms with E-state index in [1.54, 1.807) is 0 Å². The van der Waals surface area contributed by atoms with Crippen LogP contribution in [0.25, 0.3) is 0 Å². The Kier molecular flexibility index (Phi) is 4.59. The highest BCUT2D eigenvalue weighted by Crippen LogP contribution is 2.61. The van der Waals surface area contributed by atoms with Crippen LogP contribution in [0.3, 0.4) is 0 Å². The number of benzene rings is 2. The molecule has 0 N–H and O–H groups in total. The van der Waals surface area contributed by atoms with Crippen molar-refractivity contribution in [3.8, 4) is 0 Å². The molecule has 0 spiro atoms. The lowest BCUT2D eigenvalue weighted by Crippen LogP contribution is -2.28. The molecule has 0 aliphatic heterocycles. The van der Waals surface area contributed by atoms with Crippen molar-refractivity contribution < 1.29 is 9.53 Å². The van der Waals surface area contributed by atoms with Gasteiger partial charge in [0.15, 0.2) is 0 Å². The van der Waals surface area contributed by atoms with Crippen molar-refractivity contribution in [2.75, 3.05) is 6.61 Å². The molecular weight excluding hydrogens is 355 g/mol. The monoisotopic (exact) mass is 368 g/mol. The first-order valence-electron chi connectivity index (χ1n) is 7.28. The van der Waals surface area contributed by atoms with E-state index in [4.69, 9.17) is 39.5 Å². The van der Waals surface area contributed by atoms with Gasteiger partial charge >= 0.3 is 5.97 Å². The van der Waals surface area contributed by atoms with Crippen LogP contribution in [-0.2, 0) is 14.9 Å². The number of rotatable bonds is 4. The van der Waals surface area contributed by atoms with Crippen LogP contribution in [0.1, 0.15) is 23.5 Å². The van der Waals surface area contributed by atoms with E-state index in [2.05, 4.69) is 0 Å². The number of ether oxygens (including phenoxy) is 1. The van der Waals surface area contributed by atoms with E-state index in [1.807, 2.05) is 60.7 Å². The van der Waals surface area contributed by atoms with Gasteiger partial charge in [0.1, 0.15) is 12.0 Å². The van der Waals surface area contributed by atoms with Gasteiger partial charge in [0, 0.05) is 5.92 Å². The molecule has 23 heavy (non-hydrogen) atoms. The van der Waals surface area contributed by atoms with Crippen molar-refractivity contribution >= 4 is 40.8 Å². The second kappa shape index (κ2) is 6.35. The number of esters is 1. The van der Waals surface area contributed by atoms with Crippen LogP contribution in [0.5, 0.6) is 0 Å². The molecule has 0 unspecified atom stereocenters. The number of alkyl halides is 3. The fraction of sp³-hybridized carbons (Fsp3) is 0.278. The van der Waals surface area contributed by atoms with Gasteiger partial charge in [-0.25, -0.2) is 0 Å². The smallest absolute Gasteiger partial charge is 0.317 e. The standard InChI is InChI=1S/C18H15Cl3O2/c19-18(20,21)12-23-16(22)17(14-9-5-2-6-10-14)11-15(17)13-7-3-1-4-8-13/h1-10,15H,11-12H2/t15-,17-/m0/s1. The van der Waals surface area contributed by atoms with E-state index in [9.17, 15) is 4.79 Å². The largest absolute Gasteiger partial charge is 0.460 e. The van der Waals surface area contributed by atoms with Gasteiger partial charge in [0.05, 0.1) is 0 Å². The molecular formula is C18H15Cl3O2. The molecule has 5 heteroatoms. The molecule has 2 aromatic rings. The normalized spacial score (nSPS) is 23.3. The van der Waals surface area contributed by atoms with Gasteiger partial charge in [0.25, 0.3) is 0 Å². The number of hydrogen-bond donors (Lipinski definition) is 0. The predicted octanol–water partition coefficient (Wildman–Crippen LogP) is 5.03. The molecule has 1 fully saturated rings. The summed E-state index contributed by atoms with van der Waals surface area (Å²) in [4.78, 5) is 12.8. The quantitative estimate of drug-likeness (QED) is 0.558. The summed E-state index contributed by atoms with van der Waals surface area (Å²) in [6, 6.07) is 19.6. The summed E-state index contributed by atoms with van der Waals surface area (Å²) >= 11 is 17.1. The maximum absolute atomic E-state index is 12.8. The first kappa shape index (κ1) is 16.6. The molecule has 120 valence electrons. The summed E-state index contributed by atoms with van der Waals surface area (Å²) in [5, 5.41) is 0. The maximum atomic E-state index is 12.8. The highest BCUT2D eigenvalue weighted by molar-refractivity contribution is 6.67. The number of carbonyl (C=O) groups excluding carboxylic acids is 1. The molecule has 0 aromatic heterocycles. The summed E-state index contributed by atoms with van der Waals surface area (Å²) in [5.74, 6) is -0.266. The van der Waals surface area contributed by atoms with Gasteiger partial charge in [-0.3, -0.25) is 4.79 Å². The molecule has 0 bridgehead atoms. The third-order valence-corrected chi connectivity index (χ3v) is 4.51. The highest BCUT2D eigenvalue weighted by atomic mass is 35.6. The lowest BCUT2D eigenvalue weighted by atomic mass is 9.91. The number of halogens is 3. The Balaban J connectivity index is 1.89. The number of carbonyl (C=O) groups is 1. The highest BCUT2D eigenvalue weighted by Gasteiger charge is 2.63. The van der Waals surface area contributed by atoms with Crippen LogP contribution in [-0.4, -0.2) is 16.4 Å². The lowest BCUT2D eigenvalue weighted by Gasteiger charge is -2.19. The zero-order valence-electron chi connectivity index (χ0n) is 12.2. The molecule has 3 rings (SSSR count). The Morgan fingerprint density at radius 1 is 1.04 bits per heavy atom. The molecule has 0 radical (unpaired) electrons.